The minimum Gasteiger partial charge on any atom is -0.493 e. The molecule has 4 atom stereocenters. The second-order valence-electron chi connectivity index (χ2n) is 17.8. The first-order valence-corrected chi connectivity index (χ1v) is 22.1. The van der Waals surface area contributed by atoms with Crippen LogP contribution in [0.1, 0.15) is 110 Å². The first kappa shape index (κ1) is 39.8. The third kappa shape index (κ3) is 8.29. The van der Waals surface area contributed by atoms with Crippen LogP contribution in [0.4, 0.5) is 0 Å². The Hall–Kier alpha value is -4.62. The number of fused-ring (bicyclic) bond motifs is 1. The van der Waals surface area contributed by atoms with E-state index in [9.17, 15) is 15.2 Å². The number of nitrogens with zero attached hydrogens (tertiary/aromatic N) is 2. The Bertz CT molecular complexity index is 2220. The molecule has 1 amide bonds. The van der Waals surface area contributed by atoms with Gasteiger partial charge in [-0.3, -0.25) is 9.78 Å². The zero-order valence-corrected chi connectivity index (χ0v) is 34.7. The van der Waals surface area contributed by atoms with Crippen LogP contribution in [0.3, 0.4) is 0 Å². The van der Waals surface area contributed by atoms with Crippen molar-refractivity contribution in [1.82, 2.24) is 15.6 Å². The molecule has 1 aliphatic heterocycles. The van der Waals surface area contributed by atoms with Crippen molar-refractivity contribution in [3.63, 3.8) is 0 Å². The van der Waals surface area contributed by atoms with Crippen molar-refractivity contribution in [2.24, 2.45) is 23.2 Å². The average molecular weight is 815 g/mol. The predicted octanol–water partition coefficient (Wildman–Crippen LogP) is 9.33. The van der Waals surface area contributed by atoms with Crippen LogP contribution >= 0.6 is 11.6 Å². The normalized spacial score (nSPS) is 26.6. The molecule has 59 heavy (non-hydrogen) atoms. The zero-order valence-electron chi connectivity index (χ0n) is 34.0. The highest BCUT2D eigenvalue weighted by molar-refractivity contribution is 6.32. The maximum atomic E-state index is 11.7. The molecule has 2 bridgehead atoms. The summed E-state index contributed by atoms with van der Waals surface area (Å²) in [7, 11) is 0. The highest BCUT2D eigenvalue weighted by Crippen LogP contribution is 2.67. The number of ether oxygens (including phenoxy) is 3. The van der Waals surface area contributed by atoms with Crippen LogP contribution in [0.5, 0.6) is 17.2 Å². The number of halogens is 1. The van der Waals surface area contributed by atoms with Crippen LogP contribution in [-0.2, 0) is 24.4 Å². The van der Waals surface area contributed by atoms with Crippen molar-refractivity contribution >= 4 is 17.5 Å². The van der Waals surface area contributed by atoms with Gasteiger partial charge in [-0.2, -0.15) is 5.26 Å². The van der Waals surface area contributed by atoms with E-state index in [1.54, 1.807) is 12.3 Å². The summed E-state index contributed by atoms with van der Waals surface area (Å²) < 4.78 is 19.6. The lowest BCUT2D eigenvalue weighted by Crippen LogP contribution is -2.49. The minimum absolute atomic E-state index is 0.0620. The number of amides is 1. The Morgan fingerprint density at radius 2 is 1.78 bits per heavy atom. The second-order valence-corrected chi connectivity index (χ2v) is 18.3. The Morgan fingerprint density at radius 1 is 0.966 bits per heavy atom. The maximum Gasteiger partial charge on any atom is 0.220 e. The number of rotatable bonds is 15. The molecule has 2 heterocycles. The number of pyridine rings is 1. The lowest BCUT2D eigenvalue weighted by atomic mass is 9.49. The number of aliphatic hydroxyl groups is 1. The maximum absolute atomic E-state index is 11.7. The zero-order chi connectivity index (χ0) is 40.5. The van der Waals surface area contributed by atoms with E-state index >= 15 is 0 Å². The van der Waals surface area contributed by atoms with Gasteiger partial charge in [0.1, 0.15) is 36.0 Å². The van der Waals surface area contributed by atoms with Crippen LogP contribution in [0.2, 0.25) is 5.02 Å². The van der Waals surface area contributed by atoms with E-state index < -0.39 is 0 Å². The molecule has 1 aromatic heterocycles. The van der Waals surface area contributed by atoms with E-state index in [0.29, 0.717) is 47.0 Å². The van der Waals surface area contributed by atoms with Crippen molar-refractivity contribution in [2.45, 2.75) is 115 Å². The van der Waals surface area contributed by atoms with Crippen molar-refractivity contribution in [2.75, 3.05) is 13.2 Å². The van der Waals surface area contributed by atoms with Gasteiger partial charge in [-0.05, 0) is 147 Å². The molecule has 10 heteroatoms. The molecule has 4 aromatic rings. The van der Waals surface area contributed by atoms with E-state index in [1.807, 2.05) is 12.1 Å². The topological polar surface area (TPSA) is 126 Å². The van der Waals surface area contributed by atoms with Crippen molar-refractivity contribution in [3.05, 3.63) is 105 Å². The number of carbonyl (C=O) groups is 1. The van der Waals surface area contributed by atoms with Crippen LogP contribution in [-0.4, -0.2) is 41.3 Å². The fourth-order valence-corrected chi connectivity index (χ4v) is 11.6. The van der Waals surface area contributed by atoms with Gasteiger partial charge >= 0.3 is 0 Å². The Labute approximate surface area is 352 Å². The quantitative estimate of drug-likeness (QED) is 0.102. The standard InChI is InChI=1S/C49H55ClN4O5/c1-30-39(6-3-9-44(30)57-16-4-5-31-22-49(23-31)35-10-11-36(49)20-38(55)19-35)40-7-2-8-42-41(40)13-14-45(42)59-47-21-46(58-29-33-17-32(24-51)25-52-26-33)34(18-43(47)50)27-53-28-37-12-15-48(56)54-37/h2-3,6-9,17-18,21,25-26,31,35-38,45,53,55H,4-5,10-16,19-20,22-23,27-29H2,1H3,(H,54,56)/t31?,35?,36?,37?,38?,45-,49?/m0/s1. The third-order valence-electron chi connectivity index (χ3n) is 14.2. The molecule has 1 spiro atoms. The molecule has 3 N–H and O–H groups in total. The number of aliphatic hydroxyl groups excluding tert-OH is 1. The van der Waals surface area contributed by atoms with Gasteiger partial charge in [0.05, 0.1) is 23.3 Å². The van der Waals surface area contributed by atoms with E-state index in [0.717, 1.165) is 90.9 Å². The van der Waals surface area contributed by atoms with Crippen molar-refractivity contribution in [1.29, 1.82) is 5.26 Å². The van der Waals surface area contributed by atoms with Crippen molar-refractivity contribution < 1.29 is 24.1 Å². The van der Waals surface area contributed by atoms with E-state index in [2.05, 4.69) is 65.0 Å². The van der Waals surface area contributed by atoms with E-state index in [-0.39, 0.29) is 30.8 Å². The molecule has 3 unspecified atom stereocenters. The summed E-state index contributed by atoms with van der Waals surface area (Å²) in [4.78, 5) is 15.9. The highest BCUT2D eigenvalue weighted by atomic mass is 35.5. The fraction of sp³-hybridized carbons (Fsp3) is 0.490. The average Bonchev–Trinajstić information content (AvgIpc) is 3.89. The van der Waals surface area contributed by atoms with Gasteiger partial charge in [0, 0.05) is 55.1 Å². The van der Waals surface area contributed by atoms with Gasteiger partial charge < -0.3 is 30.0 Å². The van der Waals surface area contributed by atoms with E-state index in [1.165, 1.54) is 55.0 Å². The molecule has 9 nitrogen and oxygen atoms in total. The molecule has 9 rings (SSSR count). The number of benzene rings is 3. The molecule has 1 saturated heterocycles. The Morgan fingerprint density at radius 3 is 2.58 bits per heavy atom. The third-order valence-corrected chi connectivity index (χ3v) is 14.5. The largest absolute Gasteiger partial charge is 0.493 e. The highest BCUT2D eigenvalue weighted by Gasteiger charge is 2.59. The number of hydrogen-bond acceptors (Lipinski definition) is 8. The molecule has 3 saturated carbocycles. The SMILES string of the molecule is Cc1c(OCCCC2CC3(C2)C2CCC3CC(O)C2)cccc1-c1cccc2c1CC[C@@H]2Oc1cc(OCc2cncc(C#N)c2)c(CNCC2CCC(=O)N2)cc1Cl. The minimum atomic E-state index is -0.180. The van der Waals surface area contributed by atoms with Crippen LogP contribution in [0.15, 0.2) is 67.0 Å². The van der Waals surface area contributed by atoms with Gasteiger partial charge in [-0.25, -0.2) is 0 Å². The lowest BCUT2D eigenvalue weighted by molar-refractivity contribution is -0.119. The first-order chi connectivity index (χ1) is 28.8. The number of nitrogens with one attached hydrogen (secondary N) is 2. The van der Waals surface area contributed by atoms with Gasteiger partial charge in [0.2, 0.25) is 5.91 Å². The summed E-state index contributed by atoms with van der Waals surface area (Å²) in [5.74, 6) is 4.53. The van der Waals surface area contributed by atoms with Gasteiger partial charge in [0.15, 0.2) is 0 Å². The number of hydrogen-bond donors (Lipinski definition) is 3. The number of carbonyl (C=O) groups excluding carboxylic acids is 1. The van der Waals surface area contributed by atoms with Crippen LogP contribution in [0, 0.1) is 41.4 Å². The fourth-order valence-electron chi connectivity index (χ4n) is 11.4. The van der Waals surface area contributed by atoms with Gasteiger partial charge in [0.25, 0.3) is 0 Å². The smallest absolute Gasteiger partial charge is 0.220 e. The Kier molecular flexibility index (Phi) is 11.6. The molecule has 5 aliphatic rings. The van der Waals surface area contributed by atoms with Gasteiger partial charge in [-0.1, -0.05) is 41.9 Å². The summed E-state index contributed by atoms with van der Waals surface area (Å²) in [6.45, 7) is 4.25. The number of nitriles is 1. The first-order valence-electron chi connectivity index (χ1n) is 21.7. The van der Waals surface area contributed by atoms with Crippen molar-refractivity contribution in [3.8, 4) is 34.4 Å². The summed E-state index contributed by atoms with van der Waals surface area (Å²) in [5.41, 5.74) is 8.68. The van der Waals surface area contributed by atoms with Crippen LogP contribution in [0.25, 0.3) is 11.1 Å². The Balaban J connectivity index is 0.857. The van der Waals surface area contributed by atoms with Crippen LogP contribution < -0.4 is 24.8 Å². The lowest BCUT2D eigenvalue weighted by Gasteiger charge is -2.56. The van der Waals surface area contributed by atoms with E-state index in [4.69, 9.17) is 25.8 Å². The summed E-state index contributed by atoms with van der Waals surface area (Å²) in [6.07, 6.45) is 15.8. The molecule has 4 aliphatic carbocycles. The summed E-state index contributed by atoms with van der Waals surface area (Å²) in [5, 5.41) is 26.6. The molecule has 0 radical (unpaired) electrons. The predicted molar refractivity (Wildman–Crippen MR) is 227 cm³/mol. The monoisotopic (exact) mass is 814 g/mol. The summed E-state index contributed by atoms with van der Waals surface area (Å²) >= 11 is 6.95. The molecule has 308 valence electrons. The molecular formula is C49H55ClN4O5. The molecular weight excluding hydrogens is 760 g/mol. The molecule has 3 aromatic carbocycles. The molecule has 4 fully saturated rings. The van der Waals surface area contributed by atoms with Gasteiger partial charge in [-0.15, -0.1) is 0 Å². The summed E-state index contributed by atoms with van der Waals surface area (Å²) in [6, 6.07) is 20.7. The number of aromatic nitrogens is 1. The second kappa shape index (κ2) is 17.2.